The summed E-state index contributed by atoms with van der Waals surface area (Å²) in [5, 5.41) is 0. The summed E-state index contributed by atoms with van der Waals surface area (Å²) >= 11 is 0. The fourth-order valence-electron chi connectivity index (χ4n) is 3.82. The second-order valence-electron chi connectivity index (χ2n) is 6.85. The molecule has 2 N–H and O–H groups in total. The maximum atomic E-state index is 13.2. The number of amides is 2. The molecular weight excluding hydrogens is 311 g/mol. The van der Waals surface area contributed by atoms with Gasteiger partial charge < -0.3 is 15.4 Å². The van der Waals surface area contributed by atoms with Gasteiger partial charge in [-0.25, -0.2) is 4.39 Å². The number of rotatable bonds is 5. The Labute approximate surface area is 141 Å². The van der Waals surface area contributed by atoms with Gasteiger partial charge in [0.1, 0.15) is 12.4 Å². The largest absolute Gasteiger partial charge is 0.368 e. The summed E-state index contributed by atoms with van der Waals surface area (Å²) in [5.41, 5.74) is 5.93. The molecule has 0 aromatic heterocycles. The molecule has 1 saturated heterocycles. The standard InChI is InChI=1S/C18H23FN2O3/c19-14-3-1-2-13(10-14)11-17(23)21-8-6-18(7-9-21)5-4-15(18)24-12-16(20)22/h1-3,10,15H,4-9,11-12H2,(H2,20,22). The van der Waals surface area contributed by atoms with Crippen molar-refractivity contribution in [3.8, 4) is 0 Å². The Morgan fingerprint density at radius 2 is 2.04 bits per heavy atom. The Morgan fingerprint density at radius 1 is 1.29 bits per heavy atom. The third kappa shape index (κ3) is 3.59. The molecule has 1 saturated carbocycles. The van der Waals surface area contributed by atoms with Crippen LogP contribution in [0.1, 0.15) is 31.2 Å². The highest BCUT2D eigenvalue weighted by atomic mass is 19.1. The lowest BCUT2D eigenvalue weighted by atomic mass is 9.60. The van der Waals surface area contributed by atoms with Crippen LogP contribution in [-0.4, -0.2) is 42.5 Å². The van der Waals surface area contributed by atoms with Gasteiger partial charge in [-0.15, -0.1) is 0 Å². The summed E-state index contributed by atoms with van der Waals surface area (Å²) in [6, 6.07) is 6.18. The fraction of sp³-hybridized carbons (Fsp3) is 0.556. The van der Waals surface area contributed by atoms with Gasteiger partial charge in [-0.3, -0.25) is 9.59 Å². The van der Waals surface area contributed by atoms with Crippen LogP contribution in [0.15, 0.2) is 24.3 Å². The molecule has 2 amide bonds. The Morgan fingerprint density at radius 3 is 2.62 bits per heavy atom. The third-order valence-electron chi connectivity index (χ3n) is 5.37. The molecule has 0 bridgehead atoms. The Bertz CT molecular complexity index is 626. The zero-order valence-electron chi connectivity index (χ0n) is 13.7. The fourth-order valence-corrected chi connectivity index (χ4v) is 3.82. The van der Waals surface area contributed by atoms with Crippen LogP contribution >= 0.6 is 0 Å². The van der Waals surface area contributed by atoms with Crippen LogP contribution in [0.5, 0.6) is 0 Å². The van der Waals surface area contributed by atoms with E-state index in [1.807, 2.05) is 4.90 Å². The van der Waals surface area contributed by atoms with Crippen molar-refractivity contribution in [3.63, 3.8) is 0 Å². The van der Waals surface area contributed by atoms with Crippen molar-refractivity contribution < 1.29 is 18.7 Å². The number of ether oxygens (including phenoxy) is 1. The first-order chi connectivity index (χ1) is 11.5. The van der Waals surface area contributed by atoms with Gasteiger partial charge in [0.15, 0.2) is 0 Å². The highest BCUT2D eigenvalue weighted by Gasteiger charge is 2.49. The number of hydrogen-bond donors (Lipinski definition) is 1. The van der Waals surface area contributed by atoms with Crippen LogP contribution in [0.4, 0.5) is 4.39 Å². The van der Waals surface area contributed by atoms with E-state index in [-0.39, 0.29) is 36.3 Å². The molecule has 1 aliphatic heterocycles. The molecule has 5 nitrogen and oxygen atoms in total. The summed E-state index contributed by atoms with van der Waals surface area (Å²) in [7, 11) is 0. The quantitative estimate of drug-likeness (QED) is 0.890. The molecule has 1 unspecified atom stereocenters. The Balaban J connectivity index is 1.51. The molecule has 1 atom stereocenters. The average Bonchev–Trinajstić information content (AvgIpc) is 2.54. The van der Waals surface area contributed by atoms with E-state index in [1.165, 1.54) is 12.1 Å². The summed E-state index contributed by atoms with van der Waals surface area (Å²) in [6.45, 7) is 1.34. The van der Waals surface area contributed by atoms with Gasteiger partial charge in [0, 0.05) is 18.5 Å². The number of benzene rings is 1. The maximum absolute atomic E-state index is 13.2. The molecule has 6 heteroatoms. The van der Waals surface area contributed by atoms with Gasteiger partial charge in [-0.2, -0.15) is 0 Å². The topological polar surface area (TPSA) is 72.6 Å². The highest BCUT2D eigenvalue weighted by Crippen LogP contribution is 2.50. The van der Waals surface area contributed by atoms with E-state index >= 15 is 0 Å². The van der Waals surface area contributed by atoms with Gasteiger partial charge in [-0.05, 0) is 43.4 Å². The number of likely N-dealkylation sites (tertiary alicyclic amines) is 1. The van der Waals surface area contributed by atoms with Crippen molar-refractivity contribution in [2.24, 2.45) is 11.1 Å². The van der Waals surface area contributed by atoms with E-state index in [4.69, 9.17) is 10.5 Å². The monoisotopic (exact) mass is 334 g/mol. The van der Waals surface area contributed by atoms with Crippen molar-refractivity contribution in [2.45, 2.75) is 38.2 Å². The molecular formula is C18H23FN2O3. The van der Waals surface area contributed by atoms with Gasteiger partial charge in [0.05, 0.1) is 12.5 Å². The molecule has 3 rings (SSSR count). The number of hydrogen-bond acceptors (Lipinski definition) is 3. The van der Waals surface area contributed by atoms with Crippen LogP contribution in [0.25, 0.3) is 0 Å². The number of carbonyl (C=O) groups is 2. The lowest BCUT2D eigenvalue weighted by Crippen LogP contribution is -2.54. The highest BCUT2D eigenvalue weighted by molar-refractivity contribution is 5.79. The van der Waals surface area contributed by atoms with Gasteiger partial charge in [0.2, 0.25) is 11.8 Å². The SMILES string of the molecule is NC(=O)COC1CCC12CCN(C(=O)Cc1cccc(F)c1)CC2. The van der Waals surface area contributed by atoms with Crippen LogP contribution in [0, 0.1) is 11.2 Å². The summed E-state index contributed by atoms with van der Waals surface area (Å²) in [5.74, 6) is -0.731. The lowest BCUT2D eigenvalue weighted by Gasteiger charge is -2.53. The summed E-state index contributed by atoms with van der Waals surface area (Å²) < 4.78 is 18.8. The van der Waals surface area contributed by atoms with Gasteiger partial charge >= 0.3 is 0 Å². The molecule has 1 spiro atoms. The van der Waals surface area contributed by atoms with E-state index in [1.54, 1.807) is 12.1 Å². The predicted octanol–water partition coefficient (Wildman–Crippen LogP) is 1.64. The first-order valence-electron chi connectivity index (χ1n) is 8.41. The van der Waals surface area contributed by atoms with E-state index in [0.29, 0.717) is 18.7 Å². The minimum absolute atomic E-state index is 0.0318. The van der Waals surface area contributed by atoms with Crippen LogP contribution in [0.3, 0.4) is 0 Å². The first kappa shape index (κ1) is 16.9. The summed E-state index contributed by atoms with van der Waals surface area (Å²) in [4.78, 5) is 25.1. The van der Waals surface area contributed by atoms with Crippen LogP contribution in [-0.2, 0) is 20.7 Å². The molecule has 130 valence electrons. The van der Waals surface area contributed by atoms with E-state index in [0.717, 1.165) is 25.7 Å². The third-order valence-corrected chi connectivity index (χ3v) is 5.37. The molecule has 1 aromatic rings. The van der Waals surface area contributed by atoms with Gasteiger partial charge in [-0.1, -0.05) is 12.1 Å². The number of nitrogens with zero attached hydrogens (tertiary/aromatic N) is 1. The second-order valence-corrected chi connectivity index (χ2v) is 6.85. The molecule has 2 fully saturated rings. The van der Waals surface area contributed by atoms with E-state index < -0.39 is 5.91 Å². The van der Waals surface area contributed by atoms with Crippen LogP contribution < -0.4 is 5.73 Å². The van der Waals surface area contributed by atoms with Crippen molar-refractivity contribution >= 4 is 11.8 Å². The molecule has 0 radical (unpaired) electrons. The summed E-state index contributed by atoms with van der Waals surface area (Å²) in [6.07, 6.45) is 4.08. The lowest BCUT2D eigenvalue weighted by molar-refractivity contribution is -0.155. The van der Waals surface area contributed by atoms with Gasteiger partial charge in [0.25, 0.3) is 0 Å². The number of carbonyl (C=O) groups excluding carboxylic acids is 2. The zero-order chi connectivity index (χ0) is 17.2. The number of halogens is 1. The number of nitrogens with two attached hydrogens (primary N) is 1. The van der Waals surface area contributed by atoms with E-state index in [9.17, 15) is 14.0 Å². The second kappa shape index (κ2) is 6.89. The van der Waals surface area contributed by atoms with Crippen molar-refractivity contribution in [2.75, 3.05) is 19.7 Å². The molecule has 1 heterocycles. The van der Waals surface area contributed by atoms with Crippen molar-refractivity contribution in [3.05, 3.63) is 35.6 Å². The molecule has 1 aromatic carbocycles. The minimum atomic E-state index is -0.445. The smallest absolute Gasteiger partial charge is 0.243 e. The zero-order valence-corrected chi connectivity index (χ0v) is 13.7. The average molecular weight is 334 g/mol. The number of primary amides is 1. The normalized spacial score (nSPS) is 22.2. The maximum Gasteiger partial charge on any atom is 0.243 e. The van der Waals surface area contributed by atoms with E-state index in [2.05, 4.69) is 0 Å². The first-order valence-corrected chi connectivity index (χ1v) is 8.41. The predicted molar refractivity (Wildman–Crippen MR) is 86.5 cm³/mol. The minimum Gasteiger partial charge on any atom is -0.368 e. The Kier molecular flexibility index (Phi) is 4.85. The van der Waals surface area contributed by atoms with Crippen molar-refractivity contribution in [1.82, 2.24) is 4.90 Å². The molecule has 1 aliphatic carbocycles. The molecule has 2 aliphatic rings. The van der Waals surface area contributed by atoms with Crippen molar-refractivity contribution in [1.29, 1.82) is 0 Å². The Hall–Kier alpha value is -1.95. The number of piperidine rings is 1. The van der Waals surface area contributed by atoms with Crippen LogP contribution in [0.2, 0.25) is 0 Å². The molecule has 24 heavy (non-hydrogen) atoms.